The van der Waals surface area contributed by atoms with E-state index in [4.69, 9.17) is 0 Å². The molecule has 3 fully saturated rings. The molecule has 0 aliphatic heterocycles. The van der Waals surface area contributed by atoms with Gasteiger partial charge >= 0.3 is 0 Å². The molecular weight excluding hydrogens is 134 g/mol. The Hall–Kier alpha value is -0.0400. The third kappa shape index (κ3) is 0.703. The Labute approximate surface area is 68.6 Å². The molecule has 3 atom stereocenters. The Bertz CT molecular complexity index is 175. The maximum absolute atomic E-state index is 3.85. The van der Waals surface area contributed by atoms with Crippen molar-refractivity contribution in [1.29, 1.82) is 0 Å². The van der Waals surface area contributed by atoms with Crippen molar-refractivity contribution < 1.29 is 0 Å². The molecular formula is C10H17N. The molecule has 0 bridgehead atoms. The summed E-state index contributed by atoms with van der Waals surface area (Å²) in [6, 6.07) is 0.905. The average molecular weight is 151 g/mol. The van der Waals surface area contributed by atoms with E-state index in [9.17, 15) is 0 Å². The van der Waals surface area contributed by atoms with E-state index in [1.54, 1.807) is 0 Å². The van der Waals surface area contributed by atoms with Gasteiger partial charge in [-0.2, -0.15) is 0 Å². The molecule has 0 aromatic rings. The van der Waals surface area contributed by atoms with Gasteiger partial charge in [0.05, 0.1) is 0 Å². The molecule has 62 valence electrons. The largest absolute Gasteiger partial charge is 0.308 e. The normalized spacial score (nSPS) is 53.2. The minimum atomic E-state index is 0.672. The molecule has 2 unspecified atom stereocenters. The van der Waals surface area contributed by atoms with E-state index >= 15 is 0 Å². The van der Waals surface area contributed by atoms with Crippen LogP contribution in [0.3, 0.4) is 0 Å². The van der Waals surface area contributed by atoms with Crippen LogP contribution < -0.4 is 5.32 Å². The second kappa shape index (κ2) is 1.82. The van der Waals surface area contributed by atoms with Crippen LogP contribution in [0.25, 0.3) is 0 Å². The van der Waals surface area contributed by atoms with E-state index in [0.29, 0.717) is 5.54 Å². The summed E-state index contributed by atoms with van der Waals surface area (Å²) in [5.74, 6) is 2.21. The first kappa shape index (κ1) is 6.47. The molecule has 0 radical (unpaired) electrons. The Morgan fingerprint density at radius 1 is 1.36 bits per heavy atom. The minimum absolute atomic E-state index is 0.672. The van der Waals surface area contributed by atoms with Crippen molar-refractivity contribution in [2.45, 2.75) is 50.6 Å². The summed E-state index contributed by atoms with van der Waals surface area (Å²) in [6.45, 7) is 2.35. The van der Waals surface area contributed by atoms with Gasteiger partial charge in [-0.15, -0.1) is 0 Å². The van der Waals surface area contributed by atoms with Crippen LogP contribution >= 0.6 is 0 Å². The number of nitrogens with one attached hydrogen (secondary N) is 1. The van der Waals surface area contributed by atoms with Gasteiger partial charge in [-0.1, -0.05) is 13.3 Å². The molecule has 1 heteroatoms. The molecule has 11 heavy (non-hydrogen) atoms. The summed E-state index contributed by atoms with van der Waals surface area (Å²) in [6.07, 6.45) is 7.27. The van der Waals surface area contributed by atoms with Crippen LogP contribution in [0.1, 0.15) is 39.0 Å². The quantitative estimate of drug-likeness (QED) is 0.650. The Morgan fingerprint density at radius 3 is 2.36 bits per heavy atom. The van der Waals surface area contributed by atoms with E-state index in [0.717, 1.165) is 17.9 Å². The lowest BCUT2D eigenvalue weighted by Crippen LogP contribution is -2.47. The van der Waals surface area contributed by atoms with Crippen LogP contribution in [0.2, 0.25) is 0 Å². The molecule has 0 aromatic heterocycles. The summed E-state index contributed by atoms with van der Waals surface area (Å²) < 4.78 is 0. The van der Waals surface area contributed by atoms with Gasteiger partial charge in [0.25, 0.3) is 0 Å². The lowest BCUT2D eigenvalue weighted by Gasteiger charge is -2.34. The maximum Gasteiger partial charge on any atom is 0.0244 e. The first-order valence-electron chi connectivity index (χ1n) is 5.14. The second-order valence-corrected chi connectivity index (χ2v) is 4.61. The van der Waals surface area contributed by atoms with E-state index in [2.05, 4.69) is 12.2 Å². The van der Waals surface area contributed by atoms with E-state index < -0.39 is 0 Å². The summed E-state index contributed by atoms with van der Waals surface area (Å²) >= 11 is 0. The highest BCUT2D eigenvalue weighted by atomic mass is 15.1. The van der Waals surface area contributed by atoms with Crippen LogP contribution in [-0.4, -0.2) is 11.6 Å². The van der Waals surface area contributed by atoms with Crippen LogP contribution in [-0.2, 0) is 0 Å². The van der Waals surface area contributed by atoms with Crippen molar-refractivity contribution in [2.24, 2.45) is 11.8 Å². The van der Waals surface area contributed by atoms with Gasteiger partial charge in [0.1, 0.15) is 0 Å². The molecule has 3 aliphatic rings. The van der Waals surface area contributed by atoms with Gasteiger partial charge in [0.15, 0.2) is 0 Å². The van der Waals surface area contributed by atoms with Gasteiger partial charge in [0.2, 0.25) is 0 Å². The van der Waals surface area contributed by atoms with Crippen molar-refractivity contribution >= 4 is 0 Å². The lowest BCUT2D eigenvalue weighted by atomic mass is 9.89. The van der Waals surface area contributed by atoms with Gasteiger partial charge < -0.3 is 5.32 Å². The molecule has 3 saturated carbocycles. The lowest BCUT2D eigenvalue weighted by molar-refractivity contribution is 0.250. The van der Waals surface area contributed by atoms with Crippen molar-refractivity contribution in [3.8, 4) is 0 Å². The Balaban J connectivity index is 1.60. The van der Waals surface area contributed by atoms with Crippen LogP contribution in [0.4, 0.5) is 0 Å². The summed E-state index contributed by atoms with van der Waals surface area (Å²) in [4.78, 5) is 0. The molecule has 0 aromatic carbocycles. The van der Waals surface area contributed by atoms with E-state index in [-0.39, 0.29) is 0 Å². The molecule has 0 amide bonds. The maximum atomic E-state index is 3.85. The second-order valence-electron chi connectivity index (χ2n) is 4.61. The number of fused-ring (bicyclic) bond motifs is 1. The zero-order valence-electron chi connectivity index (χ0n) is 7.27. The smallest absolute Gasteiger partial charge is 0.0244 e. The molecule has 3 aliphatic carbocycles. The number of hydrogen-bond acceptors (Lipinski definition) is 1. The predicted molar refractivity (Wildman–Crippen MR) is 45.4 cm³/mol. The van der Waals surface area contributed by atoms with Gasteiger partial charge in [-0.05, 0) is 37.5 Å². The topological polar surface area (TPSA) is 12.0 Å². The Kier molecular flexibility index (Phi) is 1.07. The molecule has 0 saturated heterocycles. The zero-order valence-corrected chi connectivity index (χ0v) is 7.27. The van der Waals surface area contributed by atoms with Crippen LogP contribution in [0.5, 0.6) is 0 Å². The number of hydrogen-bond donors (Lipinski definition) is 1. The molecule has 1 nitrogen and oxygen atoms in total. The first-order valence-corrected chi connectivity index (χ1v) is 5.14. The van der Waals surface area contributed by atoms with Gasteiger partial charge in [0, 0.05) is 11.6 Å². The fourth-order valence-corrected chi connectivity index (χ4v) is 2.83. The fourth-order valence-electron chi connectivity index (χ4n) is 2.83. The van der Waals surface area contributed by atoms with Gasteiger partial charge in [-0.25, -0.2) is 0 Å². The highest BCUT2D eigenvalue weighted by Gasteiger charge is 2.75. The van der Waals surface area contributed by atoms with Crippen molar-refractivity contribution in [3.63, 3.8) is 0 Å². The third-order valence-corrected chi connectivity index (χ3v) is 4.17. The van der Waals surface area contributed by atoms with Crippen LogP contribution in [0, 0.1) is 11.8 Å². The highest BCUT2D eigenvalue weighted by Crippen LogP contribution is 2.72. The van der Waals surface area contributed by atoms with Crippen molar-refractivity contribution in [2.75, 3.05) is 0 Å². The molecule has 0 spiro atoms. The van der Waals surface area contributed by atoms with Gasteiger partial charge in [-0.3, -0.25) is 0 Å². The summed E-state index contributed by atoms with van der Waals surface area (Å²) in [5, 5.41) is 3.85. The molecule has 0 heterocycles. The summed E-state index contributed by atoms with van der Waals surface area (Å²) in [7, 11) is 0. The summed E-state index contributed by atoms with van der Waals surface area (Å²) in [5.41, 5.74) is 0.672. The average Bonchev–Trinajstić information content (AvgIpc) is 2.71. The fraction of sp³-hybridized carbons (Fsp3) is 1.00. The monoisotopic (exact) mass is 151 g/mol. The predicted octanol–water partition coefficient (Wildman–Crippen LogP) is 1.93. The Morgan fingerprint density at radius 2 is 2.09 bits per heavy atom. The minimum Gasteiger partial charge on any atom is -0.308 e. The molecule has 1 N–H and O–H groups in total. The van der Waals surface area contributed by atoms with E-state index in [1.807, 2.05) is 0 Å². The van der Waals surface area contributed by atoms with Crippen LogP contribution in [0.15, 0.2) is 0 Å². The van der Waals surface area contributed by atoms with E-state index in [1.165, 1.54) is 32.1 Å². The highest BCUT2D eigenvalue weighted by molar-refractivity contribution is 5.30. The first-order chi connectivity index (χ1) is 5.37. The molecule has 3 rings (SSSR count). The van der Waals surface area contributed by atoms with Crippen molar-refractivity contribution in [1.82, 2.24) is 5.32 Å². The SMILES string of the molecule is CCC1(NC2CCC2)C2C[C@@H]21. The number of rotatable bonds is 3. The van der Waals surface area contributed by atoms with Crippen molar-refractivity contribution in [3.05, 3.63) is 0 Å². The zero-order chi connectivity index (χ0) is 7.47. The third-order valence-electron chi connectivity index (χ3n) is 4.17. The standard InChI is InChI=1S/C10H17N/c1-2-10(8-6-9(8)10)11-7-4-3-5-7/h7-9,11H,2-6H2,1H3/t8-,9?,10?/m0/s1.